The number of carbonyl (C=O) groups excluding carboxylic acids is 1. The molecule has 5 nitrogen and oxygen atoms in total. The normalized spacial score (nSPS) is 15.1. The van der Waals surface area contributed by atoms with Crippen molar-refractivity contribution >= 4 is 28.2 Å². The summed E-state index contributed by atoms with van der Waals surface area (Å²) in [5.74, 6) is 1.00. The zero-order valence-corrected chi connectivity index (χ0v) is 12.4. The quantitative estimate of drug-likeness (QED) is 0.840. The van der Waals surface area contributed by atoms with E-state index in [0.29, 0.717) is 16.6 Å². The van der Waals surface area contributed by atoms with E-state index < -0.39 is 0 Å². The van der Waals surface area contributed by atoms with Crippen molar-refractivity contribution < 1.29 is 4.79 Å². The molecule has 1 saturated carbocycles. The Morgan fingerprint density at radius 1 is 1.58 bits per heavy atom. The van der Waals surface area contributed by atoms with Gasteiger partial charge in [-0.3, -0.25) is 4.79 Å². The van der Waals surface area contributed by atoms with Crippen LogP contribution in [0.25, 0.3) is 0 Å². The van der Waals surface area contributed by atoms with Gasteiger partial charge in [0.05, 0.1) is 0 Å². The van der Waals surface area contributed by atoms with Crippen LogP contribution in [0.4, 0.5) is 10.9 Å². The molecule has 3 N–H and O–H groups in total. The highest BCUT2D eigenvalue weighted by molar-refractivity contribution is 7.18. The van der Waals surface area contributed by atoms with Crippen molar-refractivity contribution in [3.05, 3.63) is 4.88 Å². The molecule has 2 rings (SSSR count). The molecule has 0 unspecified atom stereocenters. The molecule has 1 amide bonds. The fourth-order valence-electron chi connectivity index (χ4n) is 2.11. The first-order valence-corrected chi connectivity index (χ1v) is 7.69. The minimum absolute atomic E-state index is 0.00792. The summed E-state index contributed by atoms with van der Waals surface area (Å²) in [6.07, 6.45) is 4.78. The SMILES string of the molecule is CCCNc1nc(N)c(C(=O)N(C)CC2CCC2)s1. The molecule has 0 saturated heterocycles. The Balaban J connectivity index is 1.98. The van der Waals surface area contributed by atoms with Crippen LogP contribution < -0.4 is 11.1 Å². The molecule has 1 aliphatic carbocycles. The molecule has 1 fully saturated rings. The van der Waals surface area contributed by atoms with E-state index in [4.69, 9.17) is 5.73 Å². The van der Waals surface area contributed by atoms with Gasteiger partial charge in [-0.25, -0.2) is 4.98 Å². The molecule has 1 aromatic heterocycles. The topological polar surface area (TPSA) is 71.2 Å². The molecule has 0 aliphatic heterocycles. The van der Waals surface area contributed by atoms with Gasteiger partial charge in [0.2, 0.25) is 0 Å². The fourth-order valence-corrected chi connectivity index (χ4v) is 3.02. The van der Waals surface area contributed by atoms with Gasteiger partial charge < -0.3 is 16.0 Å². The molecule has 1 heterocycles. The van der Waals surface area contributed by atoms with E-state index in [0.717, 1.165) is 24.6 Å². The summed E-state index contributed by atoms with van der Waals surface area (Å²) in [4.78, 5) is 18.9. The van der Waals surface area contributed by atoms with Crippen LogP contribution in [0, 0.1) is 5.92 Å². The largest absolute Gasteiger partial charge is 0.382 e. The number of carbonyl (C=O) groups is 1. The molecule has 106 valence electrons. The molecule has 6 heteroatoms. The second-order valence-electron chi connectivity index (χ2n) is 5.14. The van der Waals surface area contributed by atoms with Gasteiger partial charge in [0.15, 0.2) is 5.13 Å². The maximum absolute atomic E-state index is 12.3. The Bertz CT molecular complexity index is 442. The first kappa shape index (κ1) is 14.1. The number of aromatic nitrogens is 1. The molecule has 1 aromatic rings. The summed E-state index contributed by atoms with van der Waals surface area (Å²) in [7, 11) is 1.85. The number of hydrogen-bond acceptors (Lipinski definition) is 5. The van der Waals surface area contributed by atoms with Gasteiger partial charge in [0.1, 0.15) is 10.7 Å². The van der Waals surface area contributed by atoms with E-state index in [1.807, 2.05) is 7.05 Å². The Labute approximate surface area is 118 Å². The highest BCUT2D eigenvalue weighted by Gasteiger charge is 2.24. The third-order valence-electron chi connectivity index (χ3n) is 3.48. The number of nitrogens with two attached hydrogens (primary N) is 1. The lowest BCUT2D eigenvalue weighted by molar-refractivity contribution is 0.0751. The minimum atomic E-state index is -0.00792. The number of amides is 1. The average Bonchev–Trinajstić information content (AvgIpc) is 2.71. The van der Waals surface area contributed by atoms with Crippen molar-refractivity contribution in [2.75, 3.05) is 31.2 Å². The average molecular weight is 282 g/mol. The summed E-state index contributed by atoms with van der Waals surface area (Å²) >= 11 is 1.35. The zero-order valence-electron chi connectivity index (χ0n) is 11.6. The van der Waals surface area contributed by atoms with Crippen LogP contribution in [-0.4, -0.2) is 35.9 Å². The lowest BCUT2D eigenvalue weighted by Gasteiger charge is -2.29. The first-order chi connectivity index (χ1) is 9.11. The van der Waals surface area contributed by atoms with E-state index in [9.17, 15) is 4.79 Å². The van der Waals surface area contributed by atoms with Crippen molar-refractivity contribution in [1.82, 2.24) is 9.88 Å². The molecule has 0 atom stereocenters. The summed E-state index contributed by atoms with van der Waals surface area (Å²) in [5.41, 5.74) is 5.84. The highest BCUT2D eigenvalue weighted by Crippen LogP contribution is 2.29. The molecular weight excluding hydrogens is 260 g/mol. The van der Waals surface area contributed by atoms with Crippen LogP contribution in [0.15, 0.2) is 0 Å². The summed E-state index contributed by atoms with van der Waals surface area (Å²) in [6.45, 7) is 3.76. The molecule has 1 aliphatic rings. The van der Waals surface area contributed by atoms with E-state index in [2.05, 4.69) is 17.2 Å². The zero-order chi connectivity index (χ0) is 13.8. The standard InChI is InChI=1S/C13H22N4OS/c1-3-7-15-13-16-11(14)10(19-13)12(18)17(2)8-9-5-4-6-9/h9H,3-8,14H2,1-2H3,(H,15,16). The maximum Gasteiger partial charge on any atom is 0.267 e. The van der Waals surface area contributed by atoms with Crippen LogP contribution in [0.2, 0.25) is 0 Å². The van der Waals surface area contributed by atoms with Crippen molar-refractivity contribution in [2.24, 2.45) is 5.92 Å². The fraction of sp³-hybridized carbons (Fsp3) is 0.692. The number of nitrogen functional groups attached to an aromatic ring is 1. The monoisotopic (exact) mass is 282 g/mol. The van der Waals surface area contributed by atoms with Crippen LogP contribution in [0.5, 0.6) is 0 Å². The van der Waals surface area contributed by atoms with Gasteiger partial charge in [0, 0.05) is 20.1 Å². The van der Waals surface area contributed by atoms with Crippen molar-refractivity contribution in [3.63, 3.8) is 0 Å². The molecule has 0 bridgehead atoms. The van der Waals surface area contributed by atoms with Crippen molar-refractivity contribution in [2.45, 2.75) is 32.6 Å². The lowest BCUT2D eigenvalue weighted by Crippen LogP contribution is -2.34. The van der Waals surface area contributed by atoms with Gasteiger partial charge in [-0.05, 0) is 25.2 Å². The van der Waals surface area contributed by atoms with Crippen LogP contribution in [0.3, 0.4) is 0 Å². The molecule has 0 radical (unpaired) electrons. The third-order valence-corrected chi connectivity index (χ3v) is 4.49. The maximum atomic E-state index is 12.3. The third kappa shape index (κ3) is 3.37. The molecule has 0 aromatic carbocycles. The summed E-state index contributed by atoms with van der Waals surface area (Å²) < 4.78 is 0. The van der Waals surface area contributed by atoms with Gasteiger partial charge in [-0.1, -0.05) is 24.7 Å². The Morgan fingerprint density at radius 2 is 2.32 bits per heavy atom. The number of rotatable bonds is 6. The lowest BCUT2D eigenvalue weighted by atomic mass is 9.85. The molecule has 0 spiro atoms. The minimum Gasteiger partial charge on any atom is -0.382 e. The van der Waals surface area contributed by atoms with Gasteiger partial charge >= 0.3 is 0 Å². The number of anilines is 2. The van der Waals surface area contributed by atoms with Gasteiger partial charge in [-0.15, -0.1) is 0 Å². The van der Waals surface area contributed by atoms with E-state index in [1.165, 1.54) is 30.6 Å². The first-order valence-electron chi connectivity index (χ1n) is 6.87. The Morgan fingerprint density at radius 3 is 2.89 bits per heavy atom. The number of hydrogen-bond donors (Lipinski definition) is 2. The molecular formula is C13H22N4OS. The van der Waals surface area contributed by atoms with Crippen LogP contribution >= 0.6 is 11.3 Å². The second-order valence-corrected chi connectivity index (χ2v) is 6.14. The number of nitrogens with one attached hydrogen (secondary N) is 1. The number of nitrogens with zero attached hydrogens (tertiary/aromatic N) is 2. The van der Waals surface area contributed by atoms with Crippen molar-refractivity contribution in [1.29, 1.82) is 0 Å². The van der Waals surface area contributed by atoms with Crippen LogP contribution in [0.1, 0.15) is 42.3 Å². The molecule has 19 heavy (non-hydrogen) atoms. The van der Waals surface area contributed by atoms with Gasteiger partial charge in [0.25, 0.3) is 5.91 Å². The smallest absolute Gasteiger partial charge is 0.267 e. The number of thiazole rings is 1. The summed E-state index contributed by atoms with van der Waals surface area (Å²) in [6, 6.07) is 0. The Kier molecular flexibility index (Phi) is 4.63. The predicted octanol–water partition coefficient (Wildman–Crippen LogP) is 2.42. The van der Waals surface area contributed by atoms with Crippen molar-refractivity contribution in [3.8, 4) is 0 Å². The van der Waals surface area contributed by atoms with Crippen LogP contribution in [-0.2, 0) is 0 Å². The van der Waals surface area contributed by atoms with Gasteiger partial charge in [-0.2, -0.15) is 0 Å². The van der Waals surface area contributed by atoms with E-state index in [1.54, 1.807) is 4.90 Å². The van der Waals surface area contributed by atoms with E-state index >= 15 is 0 Å². The predicted molar refractivity (Wildman–Crippen MR) is 79.6 cm³/mol. The highest BCUT2D eigenvalue weighted by atomic mass is 32.1. The Hall–Kier alpha value is -1.30. The second kappa shape index (κ2) is 6.23. The van der Waals surface area contributed by atoms with E-state index in [-0.39, 0.29) is 5.91 Å². The summed E-state index contributed by atoms with van der Waals surface area (Å²) in [5, 5.41) is 3.91.